The molecule has 0 saturated carbocycles. The highest BCUT2D eigenvalue weighted by molar-refractivity contribution is 5.72. The molecular weight excluding hydrogens is 204 g/mol. The summed E-state index contributed by atoms with van der Waals surface area (Å²) in [5.41, 5.74) is 1.17. The molecule has 16 heavy (non-hydrogen) atoms. The van der Waals surface area contributed by atoms with E-state index in [4.69, 9.17) is 0 Å². The van der Waals surface area contributed by atoms with E-state index in [-0.39, 0.29) is 5.97 Å². The number of aliphatic hydroxyl groups excluding tert-OH is 1. The second-order valence-electron chi connectivity index (χ2n) is 3.90. The van der Waals surface area contributed by atoms with E-state index in [1.165, 1.54) is 12.7 Å². The van der Waals surface area contributed by atoms with Crippen molar-refractivity contribution in [3.05, 3.63) is 35.9 Å². The topological polar surface area (TPSA) is 46.5 Å². The van der Waals surface area contributed by atoms with Gasteiger partial charge in [-0.1, -0.05) is 30.3 Å². The maximum absolute atomic E-state index is 11.2. The summed E-state index contributed by atoms with van der Waals surface area (Å²) in [4.78, 5) is 11.2. The van der Waals surface area contributed by atoms with Crippen LogP contribution in [0.25, 0.3) is 0 Å². The molecule has 0 aromatic heterocycles. The smallest absolute Gasteiger partial charge is 0.311 e. The van der Waals surface area contributed by atoms with Crippen molar-refractivity contribution in [2.45, 2.75) is 25.9 Å². The number of carbonyl (C=O) groups is 1. The number of ether oxygens (including phenoxy) is 1. The third kappa shape index (κ3) is 3.66. The van der Waals surface area contributed by atoms with E-state index in [2.05, 4.69) is 4.74 Å². The molecule has 0 unspecified atom stereocenters. The van der Waals surface area contributed by atoms with E-state index in [9.17, 15) is 9.90 Å². The number of hydrogen-bond acceptors (Lipinski definition) is 3. The van der Waals surface area contributed by atoms with Gasteiger partial charge in [0.1, 0.15) is 0 Å². The fourth-order valence-corrected chi connectivity index (χ4v) is 1.55. The molecule has 0 spiro atoms. The second kappa shape index (κ2) is 6.28. The summed E-state index contributed by atoms with van der Waals surface area (Å²) in [6.07, 6.45) is 0.691. The molecule has 88 valence electrons. The van der Waals surface area contributed by atoms with Crippen molar-refractivity contribution in [1.82, 2.24) is 0 Å². The van der Waals surface area contributed by atoms with Gasteiger partial charge in [-0.3, -0.25) is 4.79 Å². The van der Waals surface area contributed by atoms with Crippen molar-refractivity contribution in [2.75, 3.05) is 7.11 Å². The maximum atomic E-state index is 11.2. The zero-order valence-electron chi connectivity index (χ0n) is 9.72. The lowest BCUT2D eigenvalue weighted by Gasteiger charge is -2.16. The van der Waals surface area contributed by atoms with Crippen LogP contribution in [0.3, 0.4) is 0 Å². The molecule has 0 amide bonds. The molecule has 1 N–H and O–H groups in total. The fraction of sp³-hybridized carbons (Fsp3) is 0.462. The average Bonchev–Trinajstić information content (AvgIpc) is 2.35. The van der Waals surface area contributed by atoms with E-state index in [1.807, 2.05) is 30.3 Å². The van der Waals surface area contributed by atoms with Crippen molar-refractivity contribution in [3.63, 3.8) is 0 Å². The van der Waals surface area contributed by atoms with Gasteiger partial charge >= 0.3 is 5.97 Å². The molecular formula is C13H18O3. The Hall–Kier alpha value is -1.35. The number of aliphatic hydroxyl groups is 1. The van der Waals surface area contributed by atoms with Gasteiger partial charge in [-0.2, -0.15) is 0 Å². The monoisotopic (exact) mass is 222 g/mol. The predicted molar refractivity (Wildman–Crippen MR) is 61.9 cm³/mol. The normalized spacial score (nSPS) is 14.2. The summed E-state index contributed by atoms with van der Waals surface area (Å²) in [7, 11) is 1.34. The van der Waals surface area contributed by atoms with Crippen LogP contribution in [0.5, 0.6) is 0 Å². The van der Waals surface area contributed by atoms with Crippen LogP contribution >= 0.6 is 0 Å². The number of methoxy groups -OCH3 is 1. The minimum absolute atomic E-state index is 0.361. The first-order chi connectivity index (χ1) is 7.65. The molecule has 3 heteroatoms. The Labute approximate surface area is 96.1 Å². The first-order valence-electron chi connectivity index (χ1n) is 5.45. The predicted octanol–water partition coefficient (Wildman–Crippen LogP) is 1.79. The largest absolute Gasteiger partial charge is 0.469 e. The van der Waals surface area contributed by atoms with Crippen LogP contribution in [0, 0.1) is 5.92 Å². The third-order valence-electron chi connectivity index (χ3n) is 2.72. The summed E-state index contributed by atoms with van der Waals surface area (Å²) in [5, 5.41) is 9.78. The van der Waals surface area contributed by atoms with Crippen LogP contribution in [0.2, 0.25) is 0 Å². The van der Waals surface area contributed by atoms with Gasteiger partial charge < -0.3 is 9.84 Å². The van der Waals surface area contributed by atoms with Crippen LogP contribution < -0.4 is 0 Å². The standard InChI is InChI=1S/C13H18O3/c1-10(13(15)16-2)12(14)9-8-11-6-4-3-5-7-11/h3-7,10,12,14H,8-9H2,1-2H3/t10-,12+/m0/s1. The van der Waals surface area contributed by atoms with E-state index < -0.39 is 12.0 Å². The summed E-state index contributed by atoms with van der Waals surface area (Å²) in [6.45, 7) is 1.68. The zero-order chi connectivity index (χ0) is 12.0. The highest BCUT2D eigenvalue weighted by Gasteiger charge is 2.22. The fourth-order valence-electron chi connectivity index (χ4n) is 1.55. The molecule has 0 saturated heterocycles. The van der Waals surface area contributed by atoms with Crippen molar-refractivity contribution in [2.24, 2.45) is 5.92 Å². The Bertz CT molecular complexity index is 321. The molecule has 0 heterocycles. The van der Waals surface area contributed by atoms with Gasteiger partial charge in [0.25, 0.3) is 0 Å². The average molecular weight is 222 g/mol. The molecule has 0 aliphatic carbocycles. The van der Waals surface area contributed by atoms with Crippen molar-refractivity contribution < 1.29 is 14.6 Å². The first kappa shape index (κ1) is 12.7. The van der Waals surface area contributed by atoms with E-state index in [1.54, 1.807) is 6.92 Å². The minimum atomic E-state index is -0.646. The summed E-state index contributed by atoms with van der Waals surface area (Å²) in [6, 6.07) is 9.90. The van der Waals surface area contributed by atoms with Crippen LogP contribution in [0.4, 0.5) is 0 Å². The van der Waals surface area contributed by atoms with Crippen molar-refractivity contribution in [1.29, 1.82) is 0 Å². The van der Waals surface area contributed by atoms with Gasteiger partial charge in [-0.25, -0.2) is 0 Å². The van der Waals surface area contributed by atoms with Crippen LogP contribution in [-0.4, -0.2) is 24.3 Å². The molecule has 0 aliphatic heterocycles. The zero-order valence-corrected chi connectivity index (χ0v) is 9.72. The Morgan fingerprint density at radius 2 is 2.00 bits per heavy atom. The number of aryl methyl sites for hydroxylation is 1. The van der Waals surface area contributed by atoms with Gasteiger partial charge in [0.15, 0.2) is 0 Å². The maximum Gasteiger partial charge on any atom is 0.311 e. The van der Waals surface area contributed by atoms with Crippen LogP contribution in [0.15, 0.2) is 30.3 Å². The van der Waals surface area contributed by atoms with Gasteiger partial charge in [-0.05, 0) is 25.3 Å². The molecule has 1 rings (SSSR count). The summed E-state index contributed by atoms with van der Waals surface area (Å²) < 4.78 is 4.59. The third-order valence-corrected chi connectivity index (χ3v) is 2.72. The Morgan fingerprint density at radius 1 is 1.38 bits per heavy atom. The molecule has 2 atom stereocenters. The number of hydrogen-bond donors (Lipinski definition) is 1. The lowest BCUT2D eigenvalue weighted by molar-refractivity contribution is -0.148. The number of rotatable bonds is 5. The second-order valence-corrected chi connectivity index (χ2v) is 3.90. The van der Waals surface area contributed by atoms with Gasteiger partial charge in [0.2, 0.25) is 0 Å². The minimum Gasteiger partial charge on any atom is -0.469 e. The molecule has 0 fully saturated rings. The first-order valence-corrected chi connectivity index (χ1v) is 5.45. The van der Waals surface area contributed by atoms with Crippen LogP contribution in [0.1, 0.15) is 18.9 Å². The Balaban J connectivity index is 2.41. The lowest BCUT2D eigenvalue weighted by atomic mass is 9.98. The highest BCUT2D eigenvalue weighted by atomic mass is 16.5. The summed E-state index contributed by atoms with van der Waals surface area (Å²) >= 11 is 0. The van der Waals surface area contributed by atoms with Crippen LogP contribution in [-0.2, 0) is 16.0 Å². The highest BCUT2D eigenvalue weighted by Crippen LogP contribution is 2.12. The summed E-state index contributed by atoms with van der Waals surface area (Å²) in [5.74, 6) is -0.825. The van der Waals surface area contributed by atoms with E-state index in [0.29, 0.717) is 6.42 Å². The molecule has 0 bridgehead atoms. The SMILES string of the molecule is COC(=O)[C@@H](C)[C@H](O)CCc1ccccc1. The van der Waals surface area contributed by atoms with E-state index in [0.717, 1.165) is 6.42 Å². The van der Waals surface area contributed by atoms with Gasteiger partial charge in [-0.15, -0.1) is 0 Å². The quantitative estimate of drug-likeness (QED) is 0.773. The molecule has 3 nitrogen and oxygen atoms in total. The molecule has 0 radical (unpaired) electrons. The number of esters is 1. The molecule has 0 aliphatic rings. The number of benzene rings is 1. The van der Waals surface area contributed by atoms with Crippen molar-refractivity contribution >= 4 is 5.97 Å². The lowest BCUT2D eigenvalue weighted by Crippen LogP contribution is -2.27. The van der Waals surface area contributed by atoms with Gasteiger partial charge in [0.05, 0.1) is 19.1 Å². The van der Waals surface area contributed by atoms with E-state index >= 15 is 0 Å². The number of carbonyl (C=O) groups excluding carboxylic acids is 1. The Morgan fingerprint density at radius 3 is 2.56 bits per heavy atom. The Kier molecular flexibility index (Phi) is 4.99. The van der Waals surface area contributed by atoms with Gasteiger partial charge in [0, 0.05) is 0 Å². The molecule has 1 aromatic rings. The van der Waals surface area contributed by atoms with Crippen molar-refractivity contribution in [3.8, 4) is 0 Å². The molecule has 1 aromatic carbocycles.